The van der Waals surface area contributed by atoms with Crippen LogP contribution in [0.15, 0.2) is 12.4 Å². The minimum atomic E-state index is -2.14. The minimum Gasteiger partial charge on any atom is -0.359 e. The normalized spacial score (nSPS) is 14.7. The molecule has 0 saturated heterocycles. The van der Waals surface area contributed by atoms with Gasteiger partial charge in [-0.1, -0.05) is 103 Å². The van der Waals surface area contributed by atoms with Crippen LogP contribution in [-0.2, 0) is 15.5 Å². The van der Waals surface area contributed by atoms with Gasteiger partial charge >= 0.3 is 11.4 Å². The van der Waals surface area contributed by atoms with Crippen molar-refractivity contribution < 1.29 is 12.9 Å². The molecule has 0 aromatic rings. The van der Waals surface area contributed by atoms with E-state index in [1.54, 1.807) is 0 Å². The van der Waals surface area contributed by atoms with Crippen LogP contribution in [0.4, 0.5) is 0 Å². The SMILES string of the molecule is CCCCCCCCCCCCCCCCCCN1C=CN(CCCOS(=O)O)C1. The fourth-order valence-electron chi connectivity index (χ4n) is 4.07. The van der Waals surface area contributed by atoms with Crippen molar-refractivity contribution in [1.29, 1.82) is 0 Å². The molecule has 0 bridgehead atoms. The second kappa shape index (κ2) is 20.3. The summed E-state index contributed by atoms with van der Waals surface area (Å²) in [7, 11) is 0. The summed E-state index contributed by atoms with van der Waals surface area (Å²) in [6, 6.07) is 0. The van der Waals surface area contributed by atoms with Gasteiger partial charge in [-0.05, 0) is 12.8 Å². The molecule has 178 valence electrons. The fourth-order valence-corrected chi connectivity index (χ4v) is 4.33. The molecule has 1 unspecified atom stereocenters. The molecule has 0 saturated carbocycles. The first kappa shape index (κ1) is 27.4. The third-order valence-corrected chi connectivity index (χ3v) is 6.29. The quantitative estimate of drug-likeness (QED) is 0.146. The first-order chi connectivity index (χ1) is 14.7. The van der Waals surface area contributed by atoms with Crippen LogP contribution < -0.4 is 0 Å². The van der Waals surface area contributed by atoms with Crippen molar-refractivity contribution in [3.63, 3.8) is 0 Å². The highest BCUT2D eigenvalue weighted by Gasteiger charge is 2.11. The van der Waals surface area contributed by atoms with Gasteiger partial charge in [-0.2, -0.15) is 4.21 Å². The predicted octanol–water partition coefficient (Wildman–Crippen LogP) is 6.84. The summed E-state index contributed by atoms with van der Waals surface area (Å²) < 4.78 is 23.7. The summed E-state index contributed by atoms with van der Waals surface area (Å²) in [5.41, 5.74) is 0. The maximum absolute atomic E-state index is 10.4. The average Bonchev–Trinajstić information content (AvgIpc) is 3.18. The Morgan fingerprint density at radius 3 is 1.53 bits per heavy atom. The molecule has 0 spiro atoms. The second-order valence-corrected chi connectivity index (χ2v) is 9.43. The Morgan fingerprint density at radius 1 is 0.700 bits per heavy atom. The van der Waals surface area contributed by atoms with Crippen molar-refractivity contribution >= 4 is 11.4 Å². The van der Waals surface area contributed by atoms with Crippen LogP contribution in [0.1, 0.15) is 116 Å². The number of hydrogen-bond donors (Lipinski definition) is 1. The van der Waals surface area contributed by atoms with E-state index in [1.165, 1.54) is 103 Å². The molecule has 30 heavy (non-hydrogen) atoms. The third-order valence-electron chi connectivity index (χ3n) is 5.92. The first-order valence-corrected chi connectivity index (χ1v) is 13.7. The van der Waals surface area contributed by atoms with E-state index >= 15 is 0 Å². The maximum atomic E-state index is 10.4. The number of hydrogen-bond acceptors (Lipinski definition) is 4. The summed E-state index contributed by atoms with van der Waals surface area (Å²) in [5.74, 6) is 0. The van der Waals surface area contributed by atoms with Crippen molar-refractivity contribution in [3.05, 3.63) is 12.4 Å². The van der Waals surface area contributed by atoms with Crippen LogP contribution in [0, 0.1) is 0 Å². The largest absolute Gasteiger partial charge is 0.359 e. The molecule has 1 aliphatic heterocycles. The van der Waals surface area contributed by atoms with Crippen LogP contribution in [-0.4, -0.2) is 44.9 Å². The van der Waals surface area contributed by atoms with Gasteiger partial charge in [-0.25, -0.2) is 0 Å². The average molecular weight is 445 g/mol. The molecule has 1 N–H and O–H groups in total. The van der Waals surface area contributed by atoms with Gasteiger partial charge < -0.3 is 9.80 Å². The highest BCUT2D eigenvalue weighted by molar-refractivity contribution is 7.74. The van der Waals surface area contributed by atoms with E-state index in [-0.39, 0.29) is 0 Å². The topological polar surface area (TPSA) is 53.0 Å². The zero-order chi connectivity index (χ0) is 21.7. The Kier molecular flexibility index (Phi) is 18.6. The summed E-state index contributed by atoms with van der Waals surface area (Å²) in [6.07, 6.45) is 27.6. The van der Waals surface area contributed by atoms with Gasteiger partial charge in [0.1, 0.15) is 0 Å². The van der Waals surface area contributed by atoms with E-state index in [0.717, 1.165) is 26.2 Å². The van der Waals surface area contributed by atoms with Crippen molar-refractivity contribution in [2.24, 2.45) is 0 Å². The van der Waals surface area contributed by atoms with E-state index in [9.17, 15) is 4.21 Å². The Balaban J connectivity index is 1.76. The molecule has 1 aliphatic rings. The van der Waals surface area contributed by atoms with Gasteiger partial charge in [-0.15, -0.1) is 0 Å². The summed E-state index contributed by atoms with van der Waals surface area (Å²) in [6.45, 7) is 5.54. The Labute approximate surface area is 189 Å². The molecule has 1 rings (SSSR count). The van der Waals surface area contributed by atoms with Gasteiger partial charge in [0.25, 0.3) is 0 Å². The van der Waals surface area contributed by atoms with Crippen molar-refractivity contribution in [1.82, 2.24) is 9.80 Å². The Morgan fingerprint density at radius 2 is 1.10 bits per heavy atom. The molecule has 0 aromatic carbocycles. The fraction of sp³-hybridized carbons (Fsp3) is 0.917. The van der Waals surface area contributed by atoms with E-state index in [0.29, 0.717) is 6.61 Å². The van der Waals surface area contributed by atoms with E-state index < -0.39 is 11.4 Å². The minimum absolute atomic E-state index is 0.326. The van der Waals surface area contributed by atoms with Crippen molar-refractivity contribution in [2.45, 2.75) is 116 Å². The smallest absolute Gasteiger partial charge is 0.301 e. The van der Waals surface area contributed by atoms with Crippen LogP contribution in [0.2, 0.25) is 0 Å². The molecule has 1 heterocycles. The van der Waals surface area contributed by atoms with Crippen LogP contribution in [0.5, 0.6) is 0 Å². The zero-order valence-corrected chi connectivity index (χ0v) is 20.4. The van der Waals surface area contributed by atoms with Crippen LogP contribution in [0.25, 0.3) is 0 Å². The molecule has 5 nitrogen and oxygen atoms in total. The summed E-state index contributed by atoms with van der Waals surface area (Å²) >= 11 is -2.14. The van der Waals surface area contributed by atoms with Gasteiger partial charge in [0.15, 0.2) is 0 Å². The lowest BCUT2D eigenvalue weighted by Crippen LogP contribution is -2.27. The predicted molar refractivity (Wildman–Crippen MR) is 128 cm³/mol. The number of unbranched alkanes of at least 4 members (excludes halogenated alkanes) is 15. The maximum Gasteiger partial charge on any atom is 0.301 e. The third kappa shape index (κ3) is 17.1. The zero-order valence-electron chi connectivity index (χ0n) is 19.6. The van der Waals surface area contributed by atoms with Crippen molar-refractivity contribution in [2.75, 3.05) is 26.4 Å². The van der Waals surface area contributed by atoms with Gasteiger partial charge in [0.2, 0.25) is 0 Å². The van der Waals surface area contributed by atoms with Gasteiger partial charge in [0.05, 0.1) is 13.3 Å². The molecule has 0 amide bonds. The number of rotatable bonds is 22. The van der Waals surface area contributed by atoms with Gasteiger partial charge in [-0.3, -0.25) is 8.74 Å². The molecule has 1 atom stereocenters. The first-order valence-electron chi connectivity index (χ1n) is 12.6. The Bertz CT molecular complexity index is 435. The Hall–Kier alpha value is -0.590. The van der Waals surface area contributed by atoms with Crippen LogP contribution in [0.3, 0.4) is 0 Å². The van der Waals surface area contributed by atoms with Gasteiger partial charge in [0, 0.05) is 25.5 Å². The van der Waals surface area contributed by atoms with E-state index in [2.05, 4.69) is 33.3 Å². The van der Waals surface area contributed by atoms with E-state index in [4.69, 9.17) is 4.55 Å². The molecule has 6 heteroatoms. The monoisotopic (exact) mass is 444 g/mol. The molecule has 0 aliphatic carbocycles. The molecule has 0 radical (unpaired) electrons. The lowest BCUT2D eigenvalue weighted by atomic mass is 10.0. The van der Waals surface area contributed by atoms with Crippen molar-refractivity contribution in [3.8, 4) is 0 Å². The summed E-state index contributed by atoms with van der Waals surface area (Å²) in [4.78, 5) is 4.59. The molecular formula is C24H48N2O3S. The number of nitrogens with zero attached hydrogens (tertiary/aromatic N) is 2. The lowest BCUT2D eigenvalue weighted by molar-refractivity contribution is 0.235. The molecule has 0 fully saturated rings. The summed E-state index contributed by atoms with van der Waals surface area (Å²) in [5, 5.41) is 0. The lowest BCUT2D eigenvalue weighted by Gasteiger charge is -2.21. The highest BCUT2D eigenvalue weighted by Crippen LogP contribution is 2.14. The molecular weight excluding hydrogens is 396 g/mol. The highest BCUT2D eigenvalue weighted by atomic mass is 32.2. The van der Waals surface area contributed by atoms with E-state index in [1.807, 2.05) is 0 Å². The van der Waals surface area contributed by atoms with Crippen LogP contribution >= 0.6 is 0 Å². The molecule has 0 aromatic heterocycles. The standard InChI is InChI=1S/C24H48N2O3S/c1-2-3-4-5-6-7-8-9-10-11-12-13-14-15-16-17-19-25-21-22-26(24-25)20-18-23-29-30(27)28/h21-22H,2-20,23-24H2,1H3,(H,27,28). The second-order valence-electron chi connectivity index (χ2n) is 8.76.